The highest BCUT2D eigenvalue weighted by Gasteiger charge is 2.22. The van der Waals surface area contributed by atoms with Crippen molar-refractivity contribution in [3.8, 4) is 0 Å². The van der Waals surface area contributed by atoms with Crippen LogP contribution in [0, 0.1) is 10.1 Å². The SMILES string of the molecule is O=[N+]([O-])c1c(NCCCn2ccnc2)ncnc1NCc1ccc(Cl)cc1. The number of anilines is 2. The second-order valence-electron chi connectivity index (χ2n) is 5.74. The molecule has 3 rings (SSSR count). The lowest BCUT2D eigenvalue weighted by Gasteiger charge is -2.10. The van der Waals surface area contributed by atoms with Gasteiger partial charge in [0, 0.05) is 37.1 Å². The molecule has 0 saturated carbocycles. The van der Waals surface area contributed by atoms with Crippen LogP contribution in [0.15, 0.2) is 49.3 Å². The molecule has 2 N–H and O–H groups in total. The third kappa shape index (κ3) is 5.14. The van der Waals surface area contributed by atoms with Crippen molar-refractivity contribution in [2.75, 3.05) is 17.2 Å². The van der Waals surface area contributed by atoms with Gasteiger partial charge in [-0.2, -0.15) is 0 Å². The molecule has 0 aliphatic heterocycles. The number of aryl methyl sites for hydroxylation is 1. The van der Waals surface area contributed by atoms with Gasteiger partial charge in [-0.05, 0) is 24.1 Å². The molecule has 2 heterocycles. The Kier molecular flexibility index (Phi) is 6.16. The largest absolute Gasteiger partial charge is 0.364 e. The van der Waals surface area contributed by atoms with Crippen LogP contribution in [-0.2, 0) is 13.1 Å². The van der Waals surface area contributed by atoms with E-state index < -0.39 is 4.92 Å². The summed E-state index contributed by atoms with van der Waals surface area (Å²) in [5.41, 5.74) is 0.760. The van der Waals surface area contributed by atoms with Crippen LogP contribution in [0.3, 0.4) is 0 Å². The van der Waals surface area contributed by atoms with Gasteiger partial charge in [-0.15, -0.1) is 0 Å². The number of imidazole rings is 1. The number of hydrogen-bond acceptors (Lipinski definition) is 7. The summed E-state index contributed by atoms with van der Waals surface area (Å²) in [4.78, 5) is 23.1. The topological polar surface area (TPSA) is 111 Å². The summed E-state index contributed by atoms with van der Waals surface area (Å²) in [7, 11) is 0. The zero-order chi connectivity index (χ0) is 19.1. The molecule has 140 valence electrons. The summed E-state index contributed by atoms with van der Waals surface area (Å²) in [5, 5.41) is 18.2. The summed E-state index contributed by atoms with van der Waals surface area (Å²) < 4.78 is 1.94. The van der Waals surface area contributed by atoms with Crippen LogP contribution < -0.4 is 10.6 Å². The van der Waals surface area contributed by atoms with Crippen molar-refractivity contribution in [2.45, 2.75) is 19.5 Å². The highest BCUT2D eigenvalue weighted by Crippen LogP contribution is 2.29. The Labute approximate surface area is 160 Å². The smallest absolute Gasteiger partial charge is 0.353 e. The maximum absolute atomic E-state index is 11.5. The van der Waals surface area contributed by atoms with Gasteiger partial charge < -0.3 is 15.2 Å². The fourth-order valence-electron chi connectivity index (χ4n) is 2.49. The van der Waals surface area contributed by atoms with Crippen molar-refractivity contribution in [2.24, 2.45) is 0 Å². The van der Waals surface area contributed by atoms with Crippen molar-refractivity contribution in [3.05, 3.63) is 70.0 Å². The molecule has 3 aromatic rings. The van der Waals surface area contributed by atoms with Gasteiger partial charge in [0.05, 0.1) is 11.3 Å². The Morgan fingerprint density at radius 1 is 1.15 bits per heavy atom. The van der Waals surface area contributed by atoms with Crippen LogP contribution >= 0.6 is 11.6 Å². The van der Waals surface area contributed by atoms with Crippen molar-refractivity contribution in [1.29, 1.82) is 0 Å². The highest BCUT2D eigenvalue weighted by atomic mass is 35.5. The Hall–Kier alpha value is -3.20. The van der Waals surface area contributed by atoms with E-state index in [0.29, 0.717) is 18.1 Å². The molecule has 0 unspecified atom stereocenters. The summed E-state index contributed by atoms with van der Waals surface area (Å²) in [6.45, 7) is 1.68. The van der Waals surface area contributed by atoms with Crippen LogP contribution in [0.4, 0.5) is 17.3 Å². The molecule has 0 aliphatic carbocycles. The lowest BCUT2D eigenvalue weighted by atomic mass is 10.2. The standard InChI is InChI=1S/C17H18ClN7O2/c18-14-4-2-13(3-5-14)10-21-17-15(25(26)27)16(22-11-23-17)20-6-1-8-24-9-7-19-12-24/h2-5,7,9,11-12H,1,6,8,10H2,(H2,20,21,22,23). The zero-order valence-electron chi connectivity index (χ0n) is 14.4. The fourth-order valence-corrected chi connectivity index (χ4v) is 2.61. The lowest BCUT2D eigenvalue weighted by Crippen LogP contribution is -2.12. The van der Waals surface area contributed by atoms with Gasteiger partial charge in [0.25, 0.3) is 0 Å². The average molecular weight is 388 g/mol. The second kappa shape index (κ2) is 8.95. The van der Waals surface area contributed by atoms with Gasteiger partial charge in [0.1, 0.15) is 6.33 Å². The van der Waals surface area contributed by atoms with Gasteiger partial charge in [0.2, 0.25) is 11.6 Å². The molecule has 10 heteroatoms. The number of halogens is 1. The summed E-state index contributed by atoms with van der Waals surface area (Å²) in [6.07, 6.45) is 7.37. The van der Waals surface area contributed by atoms with Gasteiger partial charge in [-0.25, -0.2) is 15.0 Å². The first kappa shape index (κ1) is 18.6. The van der Waals surface area contributed by atoms with Crippen LogP contribution in [0.5, 0.6) is 0 Å². The summed E-state index contributed by atoms with van der Waals surface area (Å²) >= 11 is 5.87. The molecule has 0 aliphatic rings. The molecule has 0 spiro atoms. The van der Waals surface area contributed by atoms with E-state index in [4.69, 9.17) is 11.6 Å². The third-order valence-corrected chi connectivity index (χ3v) is 4.07. The lowest BCUT2D eigenvalue weighted by molar-refractivity contribution is -0.383. The van der Waals surface area contributed by atoms with Gasteiger partial charge in [0.15, 0.2) is 0 Å². The molecule has 0 fully saturated rings. The number of nitrogens with zero attached hydrogens (tertiary/aromatic N) is 5. The van der Waals surface area contributed by atoms with Crippen LogP contribution in [0.1, 0.15) is 12.0 Å². The predicted molar refractivity (Wildman–Crippen MR) is 103 cm³/mol. The van der Waals surface area contributed by atoms with Crippen LogP contribution in [0.2, 0.25) is 5.02 Å². The van der Waals surface area contributed by atoms with Crippen molar-refractivity contribution in [3.63, 3.8) is 0 Å². The Morgan fingerprint density at radius 3 is 2.56 bits per heavy atom. The first-order chi connectivity index (χ1) is 13.1. The third-order valence-electron chi connectivity index (χ3n) is 3.82. The molecule has 0 amide bonds. The van der Waals surface area contributed by atoms with Crippen molar-refractivity contribution < 1.29 is 4.92 Å². The maximum atomic E-state index is 11.5. The molecule has 0 atom stereocenters. The first-order valence-corrected chi connectivity index (χ1v) is 8.68. The summed E-state index contributed by atoms with van der Waals surface area (Å²) in [5.74, 6) is 0.362. The monoisotopic (exact) mass is 387 g/mol. The van der Waals surface area contributed by atoms with E-state index in [-0.39, 0.29) is 17.3 Å². The number of nitro groups is 1. The molecule has 2 aromatic heterocycles. The van der Waals surface area contributed by atoms with E-state index >= 15 is 0 Å². The number of hydrogen-bond donors (Lipinski definition) is 2. The fraction of sp³-hybridized carbons (Fsp3) is 0.235. The van der Waals surface area contributed by atoms with Gasteiger partial charge in [-0.1, -0.05) is 23.7 Å². The number of rotatable bonds is 9. The number of benzene rings is 1. The Morgan fingerprint density at radius 2 is 1.89 bits per heavy atom. The Bertz CT molecular complexity index is 885. The molecule has 0 radical (unpaired) electrons. The minimum Gasteiger partial charge on any atom is -0.364 e. The minimum absolute atomic E-state index is 0.169. The zero-order valence-corrected chi connectivity index (χ0v) is 15.1. The van der Waals surface area contributed by atoms with Crippen molar-refractivity contribution in [1.82, 2.24) is 19.5 Å². The van der Waals surface area contributed by atoms with E-state index in [1.54, 1.807) is 24.7 Å². The number of aromatic nitrogens is 4. The normalized spacial score (nSPS) is 10.6. The molecule has 9 nitrogen and oxygen atoms in total. The van der Waals surface area contributed by atoms with E-state index in [2.05, 4.69) is 25.6 Å². The number of nitrogens with one attached hydrogen (secondary N) is 2. The summed E-state index contributed by atoms with van der Waals surface area (Å²) in [6, 6.07) is 7.22. The molecule has 0 bridgehead atoms. The maximum Gasteiger partial charge on any atom is 0.353 e. The van der Waals surface area contributed by atoms with Gasteiger partial charge >= 0.3 is 5.69 Å². The van der Waals surface area contributed by atoms with Gasteiger partial charge in [-0.3, -0.25) is 10.1 Å². The predicted octanol–water partition coefficient (Wildman–Crippen LogP) is 3.35. The van der Waals surface area contributed by atoms with E-state index in [1.165, 1.54) is 6.33 Å². The second-order valence-corrected chi connectivity index (χ2v) is 6.17. The molecular weight excluding hydrogens is 370 g/mol. The van der Waals surface area contributed by atoms with Crippen LogP contribution in [-0.4, -0.2) is 31.0 Å². The molecule has 1 aromatic carbocycles. The first-order valence-electron chi connectivity index (χ1n) is 8.31. The van der Waals surface area contributed by atoms with E-state index in [0.717, 1.165) is 18.5 Å². The quantitative estimate of drug-likeness (QED) is 0.329. The van der Waals surface area contributed by atoms with E-state index in [9.17, 15) is 10.1 Å². The minimum atomic E-state index is -0.484. The van der Waals surface area contributed by atoms with Crippen molar-refractivity contribution >= 4 is 28.9 Å². The highest BCUT2D eigenvalue weighted by molar-refractivity contribution is 6.30. The average Bonchev–Trinajstić information content (AvgIpc) is 3.18. The molecular formula is C17H18ClN7O2. The van der Waals surface area contributed by atoms with Crippen LogP contribution in [0.25, 0.3) is 0 Å². The Balaban J connectivity index is 1.64. The van der Waals surface area contributed by atoms with E-state index in [1.807, 2.05) is 22.9 Å². The molecule has 0 saturated heterocycles. The molecule has 27 heavy (non-hydrogen) atoms.